The second-order valence-electron chi connectivity index (χ2n) is 3.82. The summed E-state index contributed by atoms with van der Waals surface area (Å²) >= 11 is 0. The van der Waals surface area contributed by atoms with Gasteiger partial charge in [-0.3, -0.25) is 4.79 Å². The van der Waals surface area contributed by atoms with Crippen molar-refractivity contribution >= 4 is 11.6 Å². The van der Waals surface area contributed by atoms with E-state index in [1.54, 1.807) is 0 Å². The van der Waals surface area contributed by atoms with Crippen molar-refractivity contribution in [2.24, 2.45) is 0 Å². The summed E-state index contributed by atoms with van der Waals surface area (Å²) in [6.45, 7) is 4.21. The molecule has 0 saturated heterocycles. The first-order valence-electron chi connectivity index (χ1n) is 5.69. The van der Waals surface area contributed by atoms with Crippen LogP contribution in [0.25, 0.3) is 0 Å². The van der Waals surface area contributed by atoms with Crippen molar-refractivity contribution < 1.29 is 9.53 Å². The van der Waals surface area contributed by atoms with E-state index in [4.69, 9.17) is 4.74 Å². The van der Waals surface area contributed by atoms with Gasteiger partial charge in [-0.2, -0.15) is 0 Å². The van der Waals surface area contributed by atoms with Gasteiger partial charge in [-0.15, -0.1) is 0 Å². The molecule has 1 aromatic rings. The van der Waals surface area contributed by atoms with Gasteiger partial charge >= 0.3 is 0 Å². The van der Waals surface area contributed by atoms with Crippen molar-refractivity contribution in [3.63, 3.8) is 0 Å². The molecule has 16 heavy (non-hydrogen) atoms. The summed E-state index contributed by atoms with van der Waals surface area (Å²) in [4.78, 5) is 11.5. The molecule has 0 saturated carbocycles. The first-order valence-corrected chi connectivity index (χ1v) is 5.69. The third kappa shape index (κ3) is 4.94. The van der Waals surface area contributed by atoms with Crippen molar-refractivity contribution in [2.75, 3.05) is 11.9 Å². The second kappa shape index (κ2) is 7.01. The van der Waals surface area contributed by atoms with Crippen molar-refractivity contribution in [1.82, 2.24) is 0 Å². The van der Waals surface area contributed by atoms with E-state index in [1.807, 2.05) is 37.3 Å². The van der Waals surface area contributed by atoms with Crippen LogP contribution in [0.1, 0.15) is 26.7 Å². The van der Waals surface area contributed by atoms with E-state index in [0.717, 1.165) is 18.5 Å². The Morgan fingerprint density at radius 1 is 1.38 bits per heavy atom. The van der Waals surface area contributed by atoms with E-state index in [2.05, 4.69) is 12.2 Å². The summed E-state index contributed by atoms with van der Waals surface area (Å²) in [5.41, 5.74) is 0.805. The molecule has 0 aliphatic heterocycles. The maximum atomic E-state index is 11.5. The molecule has 0 spiro atoms. The standard InChI is InChI=1S/C13H19NO2/c1-3-7-11(2)16-10-13(15)14-12-8-5-4-6-9-12/h4-6,8-9,11H,3,7,10H2,1-2H3,(H,14,15). The Labute approximate surface area is 96.8 Å². The van der Waals surface area contributed by atoms with Gasteiger partial charge < -0.3 is 10.1 Å². The van der Waals surface area contributed by atoms with Crippen molar-refractivity contribution in [2.45, 2.75) is 32.8 Å². The predicted molar refractivity (Wildman–Crippen MR) is 65.4 cm³/mol. The van der Waals surface area contributed by atoms with Crippen molar-refractivity contribution in [1.29, 1.82) is 0 Å². The molecule has 1 unspecified atom stereocenters. The number of anilines is 1. The van der Waals surface area contributed by atoms with Crippen LogP contribution in [0, 0.1) is 0 Å². The van der Waals surface area contributed by atoms with E-state index in [9.17, 15) is 4.79 Å². The zero-order chi connectivity index (χ0) is 11.8. The molecule has 0 aliphatic carbocycles. The molecule has 1 amide bonds. The smallest absolute Gasteiger partial charge is 0.250 e. The van der Waals surface area contributed by atoms with Crippen LogP contribution in [0.4, 0.5) is 5.69 Å². The van der Waals surface area contributed by atoms with Gasteiger partial charge in [0.2, 0.25) is 5.91 Å². The zero-order valence-electron chi connectivity index (χ0n) is 9.90. The third-order valence-corrected chi connectivity index (χ3v) is 2.25. The third-order valence-electron chi connectivity index (χ3n) is 2.25. The fraction of sp³-hybridized carbons (Fsp3) is 0.462. The molecule has 88 valence electrons. The Kier molecular flexibility index (Phi) is 5.57. The molecule has 1 atom stereocenters. The molecular weight excluding hydrogens is 202 g/mol. The van der Waals surface area contributed by atoms with Gasteiger partial charge in [-0.1, -0.05) is 31.5 Å². The number of nitrogens with one attached hydrogen (secondary N) is 1. The lowest BCUT2D eigenvalue weighted by Gasteiger charge is -2.11. The van der Waals surface area contributed by atoms with Crippen LogP contribution in [0.15, 0.2) is 30.3 Å². The summed E-state index contributed by atoms with van der Waals surface area (Å²) in [7, 11) is 0. The molecule has 1 aromatic carbocycles. The molecule has 0 fully saturated rings. The number of para-hydroxylation sites is 1. The summed E-state index contributed by atoms with van der Waals surface area (Å²) in [6, 6.07) is 9.39. The van der Waals surface area contributed by atoms with Crippen LogP contribution >= 0.6 is 0 Å². The van der Waals surface area contributed by atoms with Crippen LogP contribution in [0.3, 0.4) is 0 Å². The number of hydrogen-bond donors (Lipinski definition) is 1. The quantitative estimate of drug-likeness (QED) is 0.802. The zero-order valence-corrected chi connectivity index (χ0v) is 9.90. The van der Waals surface area contributed by atoms with E-state index >= 15 is 0 Å². The highest BCUT2D eigenvalue weighted by Crippen LogP contribution is 2.05. The van der Waals surface area contributed by atoms with E-state index < -0.39 is 0 Å². The molecule has 3 nitrogen and oxygen atoms in total. The molecule has 3 heteroatoms. The Morgan fingerprint density at radius 3 is 2.69 bits per heavy atom. The molecule has 1 N–H and O–H groups in total. The summed E-state index contributed by atoms with van der Waals surface area (Å²) in [5, 5.41) is 2.78. The van der Waals surface area contributed by atoms with Crippen LogP contribution in [-0.4, -0.2) is 18.6 Å². The van der Waals surface area contributed by atoms with Crippen molar-refractivity contribution in [3.8, 4) is 0 Å². The van der Waals surface area contributed by atoms with E-state index in [-0.39, 0.29) is 18.6 Å². The largest absolute Gasteiger partial charge is 0.369 e. The lowest BCUT2D eigenvalue weighted by atomic mass is 10.2. The van der Waals surface area contributed by atoms with Gasteiger partial charge in [-0.25, -0.2) is 0 Å². The highest BCUT2D eigenvalue weighted by Gasteiger charge is 2.05. The highest BCUT2D eigenvalue weighted by molar-refractivity contribution is 5.91. The van der Waals surface area contributed by atoms with Gasteiger partial charge in [0.1, 0.15) is 6.61 Å². The SMILES string of the molecule is CCCC(C)OCC(=O)Nc1ccccc1. The minimum atomic E-state index is -0.103. The number of amides is 1. The van der Waals surface area contributed by atoms with Crippen molar-refractivity contribution in [3.05, 3.63) is 30.3 Å². The maximum Gasteiger partial charge on any atom is 0.250 e. The van der Waals surface area contributed by atoms with Crippen LogP contribution in [0.2, 0.25) is 0 Å². The number of hydrogen-bond acceptors (Lipinski definition) is 2. The Balaban J connectivity index is 2.26. The molecule has 0 radical (unpaired) electrons. The average molecular weight is 221 g/mol. The maximum absolute atomic E-state index is 11.5. The monoisotopic (exact) mass is 221 g/mol. The fourth-order valence-corrected chi connectivity index (χ4v) is 1.43. The van der Waals surface area contributed by atoms with Gasteiger partial charge in [0.15, 0.2) is 0 Å². The summed E-state index contributed by atoms with van der Waals surface area (Å²) < 4.78 is 5.40. The number of rotatable bonds is 6. The molecule has 0 bridgehead atoms. The Morgan fingerprint density at radius 2 is 2.06 bits per heavy atom. The fourth-order valence-electron chi connectivity index (χ4n) is 1.43. The molecular formula is C13H19NO2. The second-order valence-corrected chi connectivity index (χ2v) is 3.82. The lowest BCUT2D eigenvalue weighted by molar-refractivity contribution is -0.122. The van der Waals surface area contributed by atoms with Crippen LogP contribution in [0.5, 0.6) is 0 Å². The number of ether oxygens (including phenoxy) is 1. The summed E-state index contributed by atoms with van der Waals surface area (Å²) in [6.07, 6.45) is 2.20. The average Bonchev–Trinajstić information content (AvgIpc) is 2.28. The van der Waals surface area contributed by atoms with Gasteiger partial charge in [0, 0.05) is 5.69 Å². The number of carbonyl (C=O) groups excluding carboxylic acids is 1. The van der Waals surface area contributed by atoms with Crippen LogP contribution < -0.4 is 5.32 Å². The Hall–Kier alpha value is -1.35. The normalized spacial score (nSPS) is 12.1. The highest BCUT2D eigenvalue weighted by atomic mass is 16.5. The summed E-state index contributed by atoms with van der Waals surface area (Å²) in [5.74, 6) is -0.103. The topological polar surface area (TPSA) is 38.3 Å². The molecule has 1 rings (SSSR count). The minimum Gasteiger partial charge on any atom is -0.369 e. The minimum absolute atomic E-state index is 0.103. The molecule has 0 aliphatic rings. The van der Waals surface area contributed by atoms with Gasteiger partial charge in [0.25, 0.3) is 0 Å². The van der Waals surface area contributed by atoms with E-state index in [0.29, 0.717) is 0 Å². The van der Waals surface area contributed by atoms with Gasteiger partial charge in [-0.05, 0) is 25.5 Å². The lowest BCUT2D eigenvalue weighted by Crippen LogP contribution is -2.21. The van der Waals surface area contributed by atoms with E-state index in [1.165, 1.54) is 0 Å². The first kappa shape index (κ1) is 12.7. The molecule has 0 aromatic heterocycles. The Bertz CT molecular complexity index is 311. The number of carbonyl (C=O) groups is 1. The number of benzene rings is 1. The van der Waals surface area contributed by atoms with Crippen LogP contribution in [-0.2, 0) is 9.53 Å². The molecule has 0 heterocycles. The van der Waals surface area contributed by atoms with Gasteiger partial charge in [0.05, 0.1) is 6.10 Å². The first-order chi connectivity index (χ1) is 7.72. The predicted octanol–water partition coefficient (Wildman–Crippen LogP) is 2.83.